The molecule has 0 aromatic heterocycles. The Bertz CT molecular complexity index is 308. The smallest absolute Gasteiger partial charge is 0.118 e. The van der Waals surface area contributed by atoms with Gasteiger partial charge >= 0.3 is 0 Å². The Morgan fingerprint density at radius 2 is 1.89 bits per heavy atom. The summed E-state index contributed by atoms with van der Waals surface area (Å²) in [5.74, 6) is 1.14. The summed E-state index contributed by atoms with van der Waals surface area (Å²) >= 11 is 0. The molecule has 3 heteroatoms. The summed E-state index contributed by atoms with van der Waals surface area (Å²) in [5, 5.41) is 9.36. The molecule has 0 spiro atoms. The molecule has 1 aromatic carbocycles. The Labute approximate surface area is 110 Å². The van der Waals surface area contributed by atoms with Crippen LogP contribution in [-0.4, -0.2) is 32.0 Å². The van der Waals surface area contributed by atoms with Gasteiger partial charge in [0.15, 0.2) is 0 Å². The maximum atomic E-state index is 9.36. The zero-order valence-electron chi connectivity index (χ0n) is 11.4. The minimum atomic E-state index is 0.210. The van der Waals surface area contributed by atoms with Crippen LogP contribution >= 0.6 is 0 Å². The molecule has 0 heterocycles. The van der Waals surface area contributed by atoms with E-state index in [1.807, 2.05) is 24.3 Å². The zero-order chi connectivity index (χ0) is 13.2. The van der Waals surface area contributed by atoms with Gasteiger partial charge in [-0.2, -0.15) is 0 Å². The number of aliphatic hydroxyl groups excluding tert-OH is 1. The molecule has 1 rings (SSSR count). The summed E-state index contributed by atoms with van der Waals surface area (Å²) in [5.41, 5.74) is 1.23. The van der Waals surface area contributed by atoms with Gasteiger partial charge in [0.25, 0.3) is 0 Å². The normalized spacial score (nSPS) is 12.4. The number of methoxy groups -OCH3 is 1. The van der Waals surface area contributed by atoms with Crippen molar-refractivity contribution in [1.82, 2.24) is 0 Å². The lowest BCUT2D eigenvalue weighted by Crippen LogP contribution is -2.13. The highest BCUT2D eigenvalue weighted by Gasteiger charge is 2.08. The maximum absolute atomic E-state index is 9.36. The largest absolute Gasteiger partial charge is 0.497 e. The van der Waals surface area contributed by atoms with Crippen LogP contribution in [0.2, 0.25) is 0 Å². The van der Waals surface area contributed by atoms with E-state index >= 15 is 0 Å². The van der Waals surface area contributed by atoms with E-state index in [1.165, 1.54) is 5.56 Å². The van der Waals surface area contributed by atoms with Crippen LogP contribution in [0.1, 0.15) is 25.3 Å². The van der Waals surface area contributed by atoms with Crippen LogP contribution in [-0.2, 0) is 11.2 Å². The molecule has 18 heavy (non-hydrogen) atoms. The van der Waals surface area contributed by atoms with Crippen molar-refractivity contribution in [2.45, 2.75) is 26.2 Å². The number of aliphatic hydroxyl groups is 1. The number of hydrogen-bond acceptors (Lipinski definition) is 3. The molecule has 1 aromatic rings. The van der Waals surface area contributed by atoms with Gasteiger partial charge in [0, 0.05) is 19.8 Å². The summed E-state index contributed by atoms with van der Waals surface area (Å²) in [4.78, 5) is 0. The first-order valence-corrected chi connectivity index (χ1v) is 6.61. The first-order valence-electron chi connectivity index (χ1n) is 6.61. The van der Waals surface area contributed by atoms with E-state index in [0.717, 1.165) is 38.2 Å². The van der Waals surface area contributed by atoms with Gasteiger partial charge in [-0.05, 0) is 42.9 Å². The third-order valence-corrected chi connectivity index (χ3v) is 2.96. The van der Waals surface area contributed by atoms with Gasteiger partial charge in [-0.1, -0.05) is 19.1 Å². The predicted octanol–water partition coefficient (Wildman–Crippen LogP) is 2.66. The molecule has 0 bridgehead atoms. The summed E-state index contributed by atoms with van der Waals surface area (Å²) < 4.78 is 10.6. The van der Waals surface area contributed by atoms with Gasteiger partial charge < -0.3 is 14.6 Å². The quantitative estimate of drug-likeness (QED) is 0.687. The fraction of sp³-hybridized carbons (Fsp3) is 0.600. The molecule has 0 aliphatic carbocycles. The average Bonchev–Trinajstić information content (AvgIpc) is 2.43. The molecule has 0 aliphatic heterocycles. The monoisotopic (exact) mass is 252 g/mol. The third-order valence-electron chi connectivity index (χ3n) is 2.96. The Kier molecular flexibility index (Phi) is 7.46. The van der Waals surface area contributed by atoms with Crippen LogP contribution < -0.4 is 4.74 Å². The first-order chi connectivity index (χ1) is 8.80. The molecule has 0 saturated heterocycles. The van der Waals surface area contributed by atoms with Crippen LogP contribution in [0.25, 0.3) is 0 Å². The number of hydrogen-bond donors (Lipinski definition) is 1. The summed E-state index contributed by atoms with van der Waals surface area (Å²) in [7, 11) is 1.66. The highest BCUT2D eigenvalue weighted by Crippen LogP contribution is 2.16. The summed E-state index contributed by atoms with van der Waals surface area (Å²) in [6.07, 6.45) is 2.83. The van der Waals surface area contributed by atoms with E-state index in [1.54, 1.807) is 7.11 Å². The highest BCUT2D eigenvalue weighted by atomic mass is 16.5. The Balaban J connectivity index is 2.36. The van der Waals surface area contributed by atoms with Crippen molar-refractivity contribution in [2.75, 3.05) is 26.9 Å². The maximum Gasteiger partial charge on any atom is 0.118 e. The second kappa shape index (κ2) is 8.95. The molecule has 1 N–H and O–H groups in total. The van der Waals surface area contributed by atoms with Gasteiger partial charge in [0.2, 0.25) is 0 Å². The van der Waals surface area contributed by atoms with Gasteiger partial charge in [-0.3, -0.25) is 0 Å². The van der Waals surface area contributed by atoms with Crippen molar-refractivity contribution < 1.29 is 14.6 Å². The van der Waals surface area contributed by atoms with Gasteiger partial charge in [-0.15, -0.1) is 0 Å². The standard InChI is InChI=1S/C15H24O3/c1-3-9-18-10-8-14(12-16)11-13-4-6-15(17-2)7-5-13/h4-7,14,16H,3,8-12H2,1-2H3. The molecule has 0 amide bonds. The Hall–Kier alpha value is -1.06. The fourth-order valence-electron chi connectivity index (χ4n) is 1.85. The molecular weight excluding hydrogens is 228 g/mol. The second-order valence-electron chi connectivity index (χ2n) is 4.50. The van der Waals surface area contributed by atoms with E-state index in [0.29, 0.717) is 0 Å². The lowest BCUT2D eigenvalue weighted by atomic mass is 9.97. The molecule has 1 atom stereocenters. The van der Waals surface area contributed by atoms with Crippen molar-refractivity contribution in [2.24, 2.45) is 5.92 Å². The van der Waals surface area contributed by atoms with Crippen molar-refractivity contribution in [3.63, 3.8) is 0 Å². The minimum absolute atomic E-state index is 0.210. The molecular formula is C15H24O3. The average molecular weight is 252 g/mol. The minimum Gasteiger partial charge on any atom is -0.497 e. The fourth-order valence-corrected chi connectivity index (χ4v) is 1.85. The molecule has 1 unspecified atom stereocenters. The molecule has 0 saturated carbocycles. The molecule has 0 fully saturated rings. The van der Waals surface area contributed by atoms with Crippen molar-refractivity contribution in [3.05, 3.63) is 29.8 Å². The first kappa shape index (κ1) is 15.0. The number of benzene rings is 1. The van der Waals surface area contributed by atoms with E-state index in [2.05, 4.69) is 6.92 Å². The van der Waals surface area contributed by atoms with E-state index in [-0.39, 0.29) is 12.5 Å². The van der Waals surface area contributed by atoms with Crippen LogP contribution in [0.4, 0.5) is 0 Å². The third kappa shape index (κ3) is 5.52. The lowest BCUT2D eigenvalue weighted by Gasteiger charge is -2.14. The number of ether oxygens (including phenoxy) is 2. The molecule has 102 valence electrons. The SMILES string of the molecule is CCCOCCC(CO)Cc1ccc(OC)cc1. The predicted molar refractivity (Wildman–Crippen MR) is 73.0 cm³/mol. The molecule has 3 nitrogen and oxygen atoms in total. The van der Waals surface area contributed by atoms with Crippen LogP contribution in [0.5, 0.6) is 5.75 Å². The highest BCUT2D eigenvalue weighted by molar-refractivity contribution is 5.27. The van der Waals surface area contributed by atoms with Crippen molar-refractivity contribution in [3.8, 4) is 5.75 Å². The Morgan fingerprint density at radius 3 is 2.44 bits per heavy atom. The van der Waals surface area contributed by atoms with Gasteiger partial charge in [0.05, 0.1) is 7.11 Å². The molecule has 0 radical (unpaired) electrons. The zero-order valence-corrected chi connectivity index (χ0v) is 11.4. The second-order valence-corrected chi connectivity index (χ2v) is 4.50. The summed E-state index contributed by atoms with van der Waals surface area (Å²) in [6, 6.07) is 8.01. The topological polar surface area (TPSA) is 38.7 Å². The summed E-state index contributed by atoms with van der Waals surface area (Å²) in [6.45, 7) is 3.85. The van der Waals surface area contributed by atoms with Crippen molar-refractivity contribution in [1.29, 1.82) is 0 Å². The van der Waals surface area contributed by atoms with Crippen molar-refractivity contribution >= 4 is 0 Å². The van der Waals surface area contributed by atoms with E-state index in [4.69, 9.17) is 9.47 Å². The lowest BCUT2D eigenvalue weighted by molar-refractivity contribution is 0.106. The molecule has 0 aliphatic rings. The van der Waals surface area contributed by atoms with Crippen LogP contribution in [0.15, 0.2) is 24.3 Å². The van der Waals surface area contributed by atoms with Gasteiger partial charge in [-0.25, -0.2) is 0 Å². The van der Waals surface area contributed by atoms with Gasteiger partial charge in [0.1, 0.15) is 5.75 Å². The Morgan fingerprint density at radius 1 is 1.17 bits per heavy atom. The van der Waals surface area contributed by atoms with Crippen LogP contribution in [0.3, 0.4) is 0 Å². The van der Waals surface area contributed by atoms with Crippen LogP contribution in [0, 0.1) is 5.92 Å². The van der Waals surface area contributed by atoms with E-state index < -0.39 is 0 Å². The number of rotatable bonds is 9. The van der Waals surface area contributed by atoms with E-state index in [9.17, 15) is 5.11 Å².